The maximum absolute atomic E-state index is 12.9. The maximum atomic E-state index is 12.9. The molecule has 0 atom stereocenters. The van der Waals surface area contributed by atoms with E-state index in [1.807, 2.05) is 25.9 Å². The van der Waals surface area contributed by atoms with E-state index in [1.165, 1.54) is 10.6 Å². The Morgan fingerprint density at radius 1 is 1.06 bits per heavy atom. The lowest BCUT2D eigenvalue weighted by Crippen LogP contribution is -2.35. The summed E-state index contributed by atoms with van der Waals surface area (Å²) in [5.74, 6) is -0.682. The van der Waals surface area contributed by atoms with Gasteiger partial charge in [0.2, 0.25) is 10.0 Å². The molecule has 2 aromatic rings. The number of allylic oxidation sites excluding steroid dienone is 1. The van der Waals surface area contributed by atoms with Gasteiger partial charge in [-0.25, -0.2) is 13.2 Å². The van der Waals surface area contributed by atoms with Crippen LogP contribution < -0.4 is 14.9 Å². The van der Waals surface area contributed by atoms with Gasteiger partial charge in [-0.2, -0.15) is 0 Å². The Labute approximate surface area is 213 Å². The molecule has 0 saturated heterocycles. The second-order valence-corrected chi connectivity index (χ2v) is 10.8. The number of nitrogens with one attached hydrogen (secondary N) is 2. The SMILES string of the molecule is CCCC(Nc1ccc(N(CCN(C)C)S(C)(=O)=O)cc1)=C1C(=O)Nc2cc(C(=O)OCC)ccc21. The first-order valence-corrected chi connectivity index (χ1v) is 13.8. The molecule has 9 nitrogen and oxygen atoms in total. The highest BCUT2D eigenvalue weighted by molar-refractivity contribution is 7.92. The summed E-state index contributed by atoms with van der Waals surface area (Å²) in [6.45, 7) is 4.97. The van der Waals surface area contributed by atoms with Crippen LogP contribution >= 0.6 is 0 Å². The number of benzene rings is 2. The molecule has 2 N–H and O–H groups in total. The second kappa shape index (κ2) is 11.6. The lowest BCUT2D eigenvalue weighted by molar-refractivity contribution is -0.110. The number of carbonyl (C=O) groups is 2. The van der Waals surface area contributed by atoms with Gasteiger partial charge in [-0.3, -0.25) is 9.10 Å². The number of likely N-dealkylation sites (N-methyl/N-ethyl adjacent to an activating group) is 1. The smallest absolute Gasteiger partial charge is 0.338 e. The first-order valence-electron chi connectivity index (χ1n) is 11.9. The number of sulfonamides is 1. The first kappa shape index (κ1) is 27.2. The van der Waals surface area contributed by atoms with Crippen molar-refractivity contribution in [3.8, 4) is 0 Å². The van der Waals surface area contributed by atoms with E-state index in [0.29, 0.717) is 47.6 Å². The molecule has 1 heterocycles. The minimum absolute atomic E-state index is 0.245. The van der Waals surface area contributed by atoms with E-state index < -0.39 is 16.0 Å². The first-order chi connectivity index (χ1) is 17.0. The number of carbonyl (C=O) groups excluding carboxylic acids is 2. The Morgan fingerprint density at radius 2 is 1.75 bits per heavy atom. The number of hydrogen-bond acceptors (Lipinski definition) is 7. The molecule has 0 aliphatic carbocycles. The summed E-state index contributed by atoms with van der Waals surface area (Å²) >= 11 is 0. The average molecular weight is 515 g/mol. The Bertz CT molecular complexity index is 1250. The summed E-state index contributed by atoms with van der Waals surface area (Å²) < 4.78 is 31.1. The van der Waals surface area contributed by atoms with Gasteiger partial charge in [-0.1, -0.05) is 19.4 Å². The van der Waals surface area contributed by atoms with Gasteiger partial charge < -0.3 is 20.3 Å². The maximum Gasteiger partial charge on any atom is 0.338 e. The van der Waals surface area contributed by atoms with Crippen molar-refractivity contribution in [2.75, 3.05) is 55.0 Å². The van der Waals surface area contributed by atoms with E-state index >= 15 is 0 Å². The highest BCUT2D eigenvalue weighted by atomic mass is 32.2. The van der Waals surface area contributed by atoms with E-state index in [-0.39, 0.29) is 12.5 Å². The lowest BCUT2D eigenvalue weighted by Gasteiger charge is -2.24. The van der Waals surface area contributed by atoms with Crippen LogP contribution in [-0.4, -0.2) is 65.2 Å². The molecular formula is C26H34N4O5S. The molecule has 36 heavy (non-hydrogen) atoms. The molecular weight excluding hydrogens is 480 g/mol. The van der Waals surface area contributed by atoms with Crippen LogP contribution in [0.4, 0.5) is 17.1 Å². The van der Waals surface area contributed by atoms with Gasteiger partial charge in [-0.05, 0) is 63.8 Å². The summed E-state index contributed by atoms with van der Waals surface area (Å²) in [6, 6.07) is 12.1. The number of nitrogens with zero attached hydrogens (tertiary/aromatic N) is 2. The highest BCUT2D eigenvalue weighted by Crippen LogP contribution is 2.36. The third-order valence-corrected chi connectivity index (χ3v) is 6.87. The molecule has 1 aliphatic rings. The van der Waals surface area contributed by atoms with Gasteiger partial charge in [0.25, 0.3) is 5.91 Å². The third-order valence-electron chi connectivity index (χ3n) is 5.68. The van der Waals surface area contributed by atoms with Crippen LogP contribution in [0.2, 0.25) is 0 Å². The van der Waals surface area contributed by atoms with Gasteiger partial charge >= 0.3 is 5.97 Å². The molecule has 194 valence electrons. The fourth-order valence-electron chi connectivity index (χ4n) is 3.98. The molecule has 1 aliphatic heterocycles. The molecule has 3 rings (SSSR count). The fourth-order valence-corrected chi connectivity index (χ4v) is 4.89. The van der Waals surface area contributed by atoms with Gasteiger partial charge in [0.1, 0.15) is 0 Å². The predicted octanol–water partition coefficient (Wildman–Crippen LogP) is 3.77. The normalized spacial score (nSPS) is 14.3. The molecule has 0 radical (unpaired) electrons. The Morgan fingerprint density at radius 3 is 2.33 bits per heavy atom. The van der Waals surface area contributed by atoms with E-state index in [4.69, 9.17) is 4.74 Å². The third kappa shape index (κ3) is 6.44. The zero-order chi connectivity index (χ0) is 26.5. The van der Waals surface area contributed by atoms with E-state index in [0.717, 1.165) is 17.8 Å². The van der Waals surface area contributed by atoms with Crippen molar-refractivity contribution < 1.29 is 22.7 Å². The van der Waals surface area contributed by atoms with Gasteiger partial charge in [-0.15, -0.1) is 0 Å². The summed E-state index contributed by atoms with van der Waals surface area (Å²) in [5, 5.41) is 6.21. The van der Waals surface area contributed by atoms with E-state index in [9.17, 15) is 18.0 Å². The van der Waals surface area contributed by atoms with Crippen LogP contribution in [0.1, 0.15) is 42.6 Å². The number of hydrogen-bond donors (Lipinski definition) is 2. The van der Waals surface area contributed by atoms with Crippen molar-refractivity contribution in [1.29, 1.82) is 0 Å². The quantitative estimate of drug-likeness (QED) is 0.347. The van der Waals surface area contributed by atoms with E-state index in [2.05, 4.69) is 10.6 Å². The number of esters is 1. The van der Waals surface area contributed by atoms with Crippen molar-refractivity contribution in [2.45, 2.75) is 26.7 Å². The zero-order valence-corrected chi connectivity index (χ0v) is 22.2. The standard InChI is InChI=1S/C26H34N4O5S/c1-6-8-22(24-21-14-9-18(26(32)35-7-2)17-23(21)28-25(24)31)27-19-10-12-20(13-11-19)30(36(5,33)34)16-15-29(3)4/h9-14,17,27H,6-8,15-16H2,1-5H3,(H,28,31). The summed E-state index contributed by atoms with van der Waals surface area (Å²) in [6.07, 6.45) is 2.63. The molecule has 0 fully saturated rings. The molecule has 2 aromatic carbocycles. The minimum Gasteiger partial charge on any atom is -0.462 e. The van der Waals surface area contributed by atoms with Crippen molar-refractivity contribution in [1.82, 2.24) is 4.90 Å². The van der Waals surface area contributed by atoms with Crippen LogP contribution in [0.25, 0.3) is 5.57 Å². The van der Waals surface area contributed by atoms with Gasteiger partial charge in [0.15, 0.2) is 0 Å². The van der Waals surface area contributed by atoms with Crippen molar-refractivity contribution in [3.63, 3.8) is 0 Å². The van der Waals surface area contributed by atoms with Crippen LogP contribution in [0.15, 0.2) is 48.2 Å². The molecule has 0 aromatic heterocycles. The second-order valence-electron chi connectivity index (χ2n) is 8.85. The summed E-state index contributed by atoms with van der Waals surface area (Å²) in [5.41, 5.74) is 4.24. The molecule has 0 unspecified atom stereocenters. The van der Waals surface area contributed by atoms with Gasteiger partial charge in [0.05, 0.1) is 35.4 Å². The number of ether oxygens (including phenoxy) is 1. The summed E-state index contributed by atoms with van der Waals surface area (Å²) in [4.78, 5) is 26.9. The van der Waals surface area contributed by atoms with Crippen LogP contribution in [0.5, 0.6) is 0 Å². The topological polar surface area (TPSA) is 108 Å². The molecule has 0 saturated carbocycles. The molecule has 0 spiro atoms. The minimum atomic E-state index is -3.43. The molecule has 1 amide bonds. The lowest BCUT2D eigenvalue weighted by atomic mass is 10.0. The predicted molar refractivity (Wildman–Crippen MR) is 144 cm³/mol. The highest BCUT2D eigenvalue weighted by Gasteiger charge is 2.28. The average Bonchev–Trinajstić information content (AvgIpc) is 3.13. The van der Waals surface area contributed by atoms with Crippen LogP contribution in [0.3, 0.4) is 0 Å². The number of anilines is 3. The Hall–Kier alpha value is -3.37. The molecule has 0 bridgehead atoms. The van der Waals surface area contributed by atoms with Crippen molar-refractivity contribution in [2.24, 2.45) is 0 Å². The number of amides is 1. The van der Waals surface area contributed by atoms with Crippen molar-refractivity contribution in [3.05, 3.63) is 59.3 Å². The zero-order valence-electron chi connectivity index (χ0n) is 21.4. The number of fused-ring (bicyclic) bond motifs is 1. The molecule has 10 heteroatoms. The van der Waals surface area contributed by atoms with Crippen LogP contribution in [0, 0.1) is 0 Å². The fraction of sp³-hybridized carbons (Fsp3) is 0.385. The van der Waals surface area contributed by atoms with Gasteiger partial charge in [0, 0.05) is 30.0 Å². The Balaban J connectivity index is 1.91. The van der Waals surface area contributed by atoms with Crippen LogP contribution in [-0.2, 0) is 19.6 Å². The van der Waals surface area contributed by atoms with E-state index in [1.54, 1.807) is 49.4 Å². The van der Waals surface area contributed by atoms with Crippen molar-refractivity contribution >= 4 is 44.5 Å². The number of rotatable bonds is 11. The monoisotopic (exact) mass is 514 g/mol. The largest absolute Gasteiger partial charge is 0.462 e. The summed E-state index contributed by atoms with van der Waals surface area (Å²) in [7, 11) is 0.354. The Kier molecular flexibility index (Phi) is 8.75.